The Morgan fingerprint density at radius 3 is 2.89 bits per heavy atom. The Kier molecular flexibility index (Phi) is 3.01. The molecule has 1 aliphatic rings. The van der Waals surface area contributed by atoms with Crippen molar-refractivity contribution < 1.29 is 4.79 Å². The van der Waals surface area contributed by atoms with Crippen LogP contribution in [0.25, 0.3) is 11.0 Å². The quantitative estimate of drug-likeness (QED) is 0.913. The Bertz CT molecular complexity index is 617. The van der Waals surface area contributed by atoms with E-state index in [0.29, 0.717) is 12.5 Å². The van der Waals surface area contributed by atoms with Crippen molar-refractivity contribution in [2.75, 3.05) is 0 Å². The number of amides is 1. The molecule has 1 aliphatic carbocycles. The fourth-order valence-corrected chi connectivity index (χ4v) is 2.60. The summed E-state index contributed by atoms with van der Waals surface area (Å²) in [5.41, 5.74) is 2.13. The number of fused-ring (bicyclic) bond motifs is 1. The molecule has 0 bridgehead atoms. The van der Waals surface area contributed by atoms with Gasteiger partial charge in [-0.2, -0.15) is 0 Å². The molecule has 1 saturated carbocycles. The maximum Gasteiger partial charge on any atom is 0.223 e. The van der Waals surface area contributed by atoms with Crippen LogP contribution in [0.4, 0.5) is 0 Å². The standard InChI is InChI=1S/C15H19N3O/c1-3-18-13-7-5-4-6-12(13)17-14(18)9-16-15(19)11-8-10(11)2/h4-7,10-11H,3,8-9H2,1-2H3,(H,16,19)/t10-,11-/m0/s1. The number of carbonyl (C=O) groups is 1. The summed E-state index contributed by atoms with van der Waals surface area (Å²) in [6.07, 6.45) is 1.02. The van der Waals surface area contributed by atoms with Crippen molar-refractivity contribution in [1.82, 2.24) is 14.9 Å². The lowest BCUT2D eigenvalue weighted by Gasteiger charge is -2.07. The van der Waals surface area contributed by atoms with Crippen LogP contribution in [0.3, 0.4) is 0 Å². The lowest BCUT2D eigenvalue weighted by atomic mass is 10.3. The first-order valence-corrected chi connectivity index (χ1v) is 6.92. The first-order chi connectivity index (χ1) is 9.20. The maximum absolute atomic E-state index is 11.9. The normalized spacial score (nSPS) is 21.6. The van der Waals surface area contributed by atoms with E-state index in [9.17, 15) is 4.79 Å². The smallest absolute Gasteiger partial charge is 0.223 e. The van der Waals surface area contributed by atoms with Gasteiger partial charge in [0, 0.05) is 12.5 Å². The van der Waals surface area contributed by atoms with Gasteiger partial charge >= 0.3 is 0 Å². The maximum atomic E-state index is 11.9. The lowest BCUT2D eigenvalue weighted by Crippen LogP contribution is -2.26. The van der Waals surface area contributed by atoms with Crippen LogP contribution in [-0.4, -0.2) is 15.5 Å². The summed E-state index contributed by atoms with van der Waals surface area (Å²) in [7, 11) is 0. The highest BCUT2D eigenvalue weighted by Crippen LogP contribution is 2.37. The highest BCUT2D eigenvalue weighted by molar-refractivity contribution is 5.81. The third kappa shape index (κ3) is 2.23. The molecule has 2 aromatic rings. The molecule has 1 heterocycles. The van der Waals surface area contributed by atoms with Gasteiger partial charge in [-0.05, 0) is 31.4 Å². The van der Waals surface area contributed by atoms with Crippen LogP contribution in [0.1, 0.15) is 26.1 Å². The number of hydrogen-bond donors (Lipinski definition) is 1. The molecular formula is C15H19N3O. The van der Waals surface area contributed by atoms with E-state index in [1.807, 2.05) is 18.2 Å². The van der Waals surface area contributed by atoms with Gasteiger partial charge in [-0.25, -0.2) is 4.98 Å². The SMILES string of the molecule is CCn1c(CNC(=O)[C@H]2C[C@@H]2C)nc2ccccc21. The van der Waals surface area contributed by atoms with Crippen molar-refractivity contribution in [2.45, 2.75) is 33.4 Å². The van der Waals surface area contributed by atoms with Gasteiger partial charge in [-0.3, -0.25) is 4.79 Å². The molecule has 100 valence electrons. The predicted octanol–water partition coefficient (Wildman–Crippen LogP) is 2.33. The van der Waals surface area contributed by atoms with Crippen molar-refractivity contribution in [2.24, 2.45) is 11.8 Å². The van der Waals surface area contributed by atoms with E-state index in [1.165, 1.54) is 0 Å². The molecule has 4 nitrogen and oxygen atoms in total. The Labute approximate surface area is 112 Å². The van der Waals surface area contributed by atoms with Gasteiger partial charge in [0.25, 0.3) is 0 Å². The van der Waals surface area contributed by atoms with Crippen LogP contribution in [-0.2, 0) is 17.9 Å². The molecule has 0 radical (unpaired) electrons. The predicted molar refractivity (Wildman–Crippen MR) is 74.5 cm³/mol. The van der Waals surface area contributed by atoms with E-state index in [1.54, 1.807) is 0 Å². The van der Waals surface area contributed by atoms with E-state index < -0.39 is 0 Å². The molecule has 1 aromatic heterocycles. The van der Waals surface area contributed by atoms with Gasteiger partial charge in [0.05, 0.1) is 17.6 Å². The monoisotopic (exact) mass is 257 g/mol. The molecule has 19 heavy (non-hydrogen) atoms. The molecule has 0 unspecified atom stereocenters. The van der Waals surface area contributed by atoms with Gasteiger partial charge in [0.2, 0.25) is 5.91 Å². The van der Waals surface area contributed by atoms with Gasteiger partial charge < -0.3 is 9.88 Å². The zero-order valence-electron chi connectivity index (χ0n) is 11.4. The van der Waals surface area contributed by atoms with Crippen molar-refractivity contribution in [3.8, 4) is 0 Å². The average molecular weight is 257 g/mol. The molecule has 4 heteroatoms. The summed E-state index contributed by atoms with van der Waals surface area (Å²) in [6.45, 7) is 5.60. The molecule has 0 saturated heterocycles. The molecule has 1 fully saturated rings. The Morgan fingerprint density at radius 2 is 2.21 bits per heavy atom. The van der Waals surface area contributed by atoms with Crippen LogP contribution in [0.5, 0.6) is 0 Å². The average Bonchev–Trinajstić information content (AvgIpc) is 3.04. The third-order valence-electron chi connectivity index (χ3n) is 3.92. The highest BCUT2D eigenvalue weighted by Gasteiger charge is 2.38. The van der Waals surface area contributed by atoms with Crippen LogP contribution < -0.4 is 5.32 Å². The van der Waals surface area contributed by atoms with Crippen molar-refractivity contribution in [3.63, 3.8) is 0 Å². The van der Waals surface area contributed by atoms with Crippen LogP contribution >= 0.6 is 0 Å². The molecule has 3 rings (SSSR count). The topological polar surface area (TPSA) is 46.9 Å². The zero-order valence-corrected chi connectivity index (χ0v) is 11.4. The van der Waals surface area contributed by atoms with Crippen molar-refractivity contribution >= 4 is 16.9 Å². The fourth-order valence-electron chi connectivity index (χ4n) is 2.60. The number of para-hydroxylation sites is 2. The summed E-state index contributed by atoms with van der Waals surface area (Å²) in [5.74, 6) is 1.87. The van der Waals surface area contributed by atoms with Gasteiger partial charge in [0.15, 0.2) is 0 Å². The summed E-state index contributed by atoms with van der Waals surface area (Å²) < 4.78 is 2.16. The van der Waals surface area contributed by atoms with Crippen molar-refractivity contribution in [3.05, 3.63) is 30.1 Å². The minimum atomic E-state index is 0.169. The molecule has 1 N–H and O–H groups in total. The van der Waals surface area contributed by atoms with E-state index in [4.69, 9.17) is 0 Å². The number of rotatable bonds is 4. The molecule has 1 amide bonds. The molecule has 0 spiro atoms. The second-order valence-electron chi connectivity index (χ2n) is 5.30. The number of nitrogens with zero attached hydrogens (tertiary/aromatic N) is 2. The molecule has 0 aliphatic heterocycles. The second-order valence-corrected chi connectivity index (χ2v) is 5.30. The summed E-state index contributed by atoms with van der Waals surface area (Å²) in [5, 5.41) is 3.00. The Morgan fingerprint density at radius 1 is 1.47 bits per heavy atom. The number of hydrogen-bond acceptors (Lipinski definition) is 2. The van der Waals surface area contributed by atoms with Crippen LogP contribution in [0, 0.1) is 11.8 Å². The minimum Gasteiger partial charge on any atom is -0.349 e. The van der Waals surface area contributed by atoms with Gasteiger partial charge in [-0.1, -0.05) is 19.1 Å². The van der Waals surface area contributed by atoms with E-state index in [0.717, 1.165) is 29.8 Å². The first kappa shape index (κ1) is 12.2. The molecular weight excluding hydrogens is 238 g/mol. The van der Waals surface area contributed by atoms with Crippen molar-refractivity contribution in [1.29, 1.82) is 0 Å². The second kappa shape index (κ2) is 4.68. The minimum absolute atomic E-state index is 0.169. The largest absolute Gasteiger partial charge is 0.349 e. The number of aryl methyl sites for hydroxylation is 1. The van der Waals surface area contributed by atoms with E-state index >= 15 is 0 Å². The molecule has 1 aromatic carbocycles. The Hall–Kier alpha value is -1.84. The molecule has 2 atom stereocenters. The fraction of sp³-hybridized carbons (Fsp3) is 0.467. The van der Waals surface area contributed by atoms with Gasteiger partial charge in [-0.15, -0.1) is 0 Å². The van der Waals surface area contributed by atoms with E-state index in [-0.39, 0.29) is 11.8 Å². The number of aromatic nitrogens is 2. The third-order valence-corrected chi connectivity index (χ3v) is 3.92. The number of carbonyl (C=O) groups excluding carboxylic acids is 1. The number of benzene rings is 1. The summed E-state index contributed by atoms with van der Waals surface area (Å²) in [6, 6.07) is 8.09. The van der Waals surface area contributed by atoms with E-state index in [2.05, 4.69) is 34.8 Å². The summed E-state index contributed by atoms with van der Waals surface area (Å²) >= 11 is 0. The van der Waals surface area contributed by atoms with Gasteiger partial charge in [0.1, 0.15) is 5.82 Å². The first-order valence-electron chi connectivity index (χ1n) is 6.92. The summed E-state index contributed by atoms with van der Waals surface area (Å²) in [4.78, 5) is 16.5. The lowest BCUT2D eigenvalue weighted by molar-refractivity contribution is -0.122. The Balaban J connectivity index is 1.78. The van der Waals surface area contributed by atoms with Crippen LogP contribution in [0.2, 0.25) is 0 Å². The highest BCUT2D eigenvalue weighted by atomic mass is 16.2. The van der Waals surface area contributed by atoms with Crippen LogP contribution in [0.15, 0.2) is 24.3 Å². The zero-order chi connectivity index (χ0) is 13.4. The number of imidazole rings is 1. The number of nitrogens with one attached hydrogen (secondary N) is 1.